The molecule has 0 N–H and O–H groups in total. The zero-order valence-electron chi connectivity index (χ0n) is 13.6. The van der Waals surface area contributed by atoms with Crippen LogP contribution in [0.2, 0.25) is 0 Å². The van der Waals surface area contributed by atoms with Crippen molar-refractivity contribution < 1.29 is 14.3 Å². The summed E-state index contributed by atoms with van der Waals surface area (Å²) in [5.41, 5.74) is 2.71. The van der Waals surface area contributed by atoms with E-state index in [9.17, 15) is 9.59 Å². The monoisotopic (exact) mass is 391 g/mol. The molecule has 0 spiro atoms. The fourth-order valence-electron chi connectivity index (χ4n) is 2.90. The number of halogens is 1. The molecular formula is C17H18BrN3O3. The molecule has 2 heterocycles. The van der Waals surface area contributed by atoms with E-state index >= 15 is 0 Å². The molecule has 0 aliphatic carbocycles. The van der Waals surface area contributed by atoms with Crippen molar-refractivity contribution >= 4 is 27.8 Å². The van der Waals surface area contributed by atoms with Gasteiger partial charge in [-0.25, -0.2) is 4.79 Å². The van der Waals surface area contributed by atoms with Gasteiger partial charge in [0, 0.05) is 41.3 Å². The third-order valence-corrected chi connectivity index (χ3v) is 4.62. The van der Waals surface area contributed by atoms with Crippen molar-refractivity contribution in [3.05, 3.63) is 51.3 Å². The number of ether oxygens (including phenoxy) is 1. The van der Waals surface area contributed by atoms with Crippen molar-refractivity contribution in [2.75, 3.05) is 13.2 Å². The van der Waals surface area contributed by atoms with Crippen LogP contribution >= 0.6 is 15.9 Å². The van der Waals surface area contributed by atoms with Crippen molar-refractivity contribution in [2.24, 2.45) is 7.05 Å². The summed E-state index contributed by atoms with van der Waals surface area (Å²) in [5.74, 6) is -0.487. The maximum Gasteiger partial charge on any atom is 0.359 e. The molecule has 0 bridgehead atoms. The largest absolute Gasteiger partial charge is 0.461 e. The Labute approximate surface area is 148 Å². The van der Waals surface area contributed by atoms with Gasteiger partial charge in [-0.05, 0) is 31.2 Å². The van der Waals surface area contributed by atoms with Crippen LogP contribution in [0, 0.1) is 0 Å². The Morgan fingerprint density at radius 2 is 2.00 bits per heavy atom. The molecule has 0 unspecified atom stereocenters. The Hall–Kier alpha value is -2.15. The van der Waals surface area contributed by atoms with E-state index < -0.39 is 5.97 Å². The predicted molar refractivity (Wildman–Crippen MR) is 91.8 cm³/mol. The number of rotatable bonds is 3. The lowest BCUT2D eigenvalue weighted by Gasteiger charge is -2.27. The van der Waals surface area contributed by atoms with Crippen LogP contribution in [0.4, 0.5) is 0 Å². The topological polar surface area (TPSA) is 64.4 Å². The van der Waals surface area contributed by atoms with E-state index in [0.29, 0.717) is 37.4 Å². The SMILES string of the molecule is CCOC(=O)c1nn(C)c2c1CN(C(=O)c1ccc(Br)cc1)CC2. The lowest BCUT2D eigenvalue weighted by molar-refractivity contribution is 0.0513. The first-order chi connectivity index (χ1) is 11.5. The summed E-state index contributed by atoms with van der Waals surface area (Å²) in [6.45, 7) is 3.03. The lowest BCUT2D eigenvalue weighted by atomic mass is 10.0. The normalized spacial score (nSPS) is 13.5. The standard InChI is InChI=1S/C17H18BrN3O3/c1-3-24-17(23)15-13-10-21(9-8-14(13)20(2)19-15)16(22)11-4-6-12(18)7-5-11/h4-7H,3,8-10H2,1-2H3. The zero-order chi connectivity index (χ0) is 17.3. The van der Waals surface area contributed by atoms with Gasteiger partial charge >= 0.3 is 5.97 Å². The van der Waals surface area contributed by atoms with Crippen LogP contribution in [0.3, 0.4) is 0 Å². The lowest BCUT2D eigenvalue weighted by Crippen LogP contribution is -2.36. The van der Waals surface area contributed by atoms with Gasteiger partial charge in [-0.3, -0.25) is 9.48 Å². The Bertz CT molecular complexity index is 783. The number of carbonyl (C=O) groups is 2. The fraction of sp³-hybridized carbons (Fsp3) is 0.353. The van der Waals surface area contributed by atoms with Gasteiger partial charge in [-0.15, -0.1) is 0 Å². The van der Waals surface area contributed by atoms with E-state index in [-0.39, 0.29) is 5.91 Å². The molecule has 0 saturated carbocycles. The highest BCUT2D eigenvalue weighted by molar-refractivity contribution is 9.10. The number of benzene rings is 1. The highest BCUT2D eigenvalue weighted by Crippen LogP contribution is 2.24. The molecule has 0 fully saturated rings. The van der Waals surface area contributed by atoms with E-state index in [4.69, 9.17) is 4.74 Å². The average molecular weight is 392 g/mol. The molecule has 3 rings (SSSR count). The third kappa shape index (κ3) is 3.08. The van der Waals surface area contributed by atoms with E-state index in [2.05, 4.69) is 21.0 Å². The van der Waals surface area contributed by atoms with E-state index in [1.807, 2.05) is 19.2 Å². The molecule has 1 amide bonds. The summed E-state index contributed by atoms with van der Waals surface area (Å²) in [5, 5.41) is 4.29. The van der Waals surface area contributed by atoms with Gasteiger partial charge in [0.05, 0.1) is 13.2 Å². The van der Waals surface area contributed by atoms with Crippen LogP contribution in [0.25, 0.3) is 0 Å². The molecule has 1 aliphatic heterocycles. The molecule has 1 aromatic carbocycles. The quantitative estimate of drug-likeness (QED) is 0.754. The predicted octanol–water partition coefficient (Wildman–Crippen LogP) is 2.56. The van der Waals surface area contributed by atoms with Crippen LogP contribution in [0.1, 0.15) is 39.0 Å². The fourth-order valence-corrected chi connectivity index (χ4v) is 3.17. The van der Waals surface area contributed by atoms with Crippen LogP contribution in [-0.2, 0) is 24.8 Å². The van der Waals surface area contributed by atoms with Crippen molar-refractivity contribution in [2.45, 2.75) is 19.9 Å². The van der Waals surface area contributed by atoms with E-state index in [0.717, 1.165) is 15.7 Å². The number of aromatic nitrogens is 2. The number of carbonyl (C=O) groups excluding carboxylic acids is 2. The van der Waals surface area contributed by atoms with Gasteiger partial charge in [0.25, 0.3) is 5.91 Å². The van der Waals surface area contributed by atoms with Gasteiger partial charge < -0.3 is 9.64 Å². The molecule has 0 saturated heterocycles. The molecule has 1 aliphatic rings. The molecule has 126 valence electrons. The van der Waals surface area contributed by atoms with Gasteiger partial charge in [0.1, 0.15) is 0 Å². The number of nitrogens with zero attached hydrogens (tertiary/aromatic N) is 3. The van der Waals surface area contributed by atoms with Crippen molar-refractivity contribution in [3.63, 3.8) is 0 Å². The van der Waals surface area contributed by atoms with Crippen LogP contribution in [-0.4, -0.2) is 39.7 Å². The summed E-state index contributed by atoms with van der Waals surface area (Å²) in [4.78, 5) is 26.6. The smallest absolute Gasteiger partial charge is 0.359 e. The summed E-state index contributed by atoms with van der Waals surface area (Å²) in [6, 6.07) is 7.27. The van der Waals surface area contributed by atoms with Crippen LogP contribution < -0.4 is 0 Å². The maximum absolute atomic E-state index is 12.7. The molecule has 6 nitrogen and oxygen atoms in total. The second-order valence-corrected chi connectivity index (χ2v) is 6.52. The van der Waals surface area contributed by atoms with Crippen molar-refractivity contribution in [3.8, 4) is 0 Å². The maximum atomic E-state index is 12.7. The van der Waals surface area contributed by atoms with Gasteiger partial charge in [0.15, 0.2) is 5.69 Å². The Morgan fingerprint density at radius 3 is 2.67 bits per heavy atom. The molecule has 1 aromatic heterocycles. The van der Waals surface area contributed by atoms with Crippen molar-refractivity contribution in [1.82, 2.24) is 14.7 Å². The minimum absolute atomic E-state index is 0.0492. The highest BCUT2D eigenvalue weighted by Gasteiger charge is 2.30. The van der Waals surface area contributed by atoms with E-state index in [1.54, 1.807) is 28.6 Å². The highest BCUT2D eigenvalue weighted by atomic mass is 79.9. The zero-order valence-corrected chi connectivity index (χ0v) is 15.2. The Balaban J connectivity index is 1.86. The Morgan fingerprint density at radius 1 is 1.29 bits per heavy atom. The first-order valence-electron chi connectivity index (χ1n) is 7.78. The van der Waals surface area contributed by atoms with Crippen LogP contribution in [0.5, 0.6) is 0 Å². The first kappa shape index (κ1) is 16.7. The second-order valence-electron chi connectivity index (χ2n) is 5.60. The Kier molecular flexibility index (Phi) is 4.71. The number of hydrogen-bond donors (Lipinski definition) is 0. The number of hydrogen-bond acceptors (Lipinski definition) is 4. The number of esters is 1. The minimum Gasteiger partial charge on any atom is -0.461 e. The van der Waals surface area contributed by atoms with Gasteiger partial charge in [-0.1, -0.05) is 15.9 Å². The molecule has 0 atom stereocenters. The molecule has 24 heavy (non-hydrogen) atoms. The molecular weight excluding hydrogens is 374 g/mol. The summed E-state index contributed by atoms with van der Waals surface area (Å²) in [6.07, 6.45) is 0.667. The van der Waals surface area contributed by atoms with Gasteiger partial charge in [0.2, 0.25) is 0 Å². The van der Waals surface area contributed by atoms with Crippen LogP contribution in [0.15, 0.2) is 28.7 Å². The summed E-state index contributed by atoms with van der Waals surface area (Å²) >= 11 is 3.37. The third-order valence-electron chi connectivity index (χ3n) is 4.09. The second kappa shape index (κ2) is 6.76. The number of fused-ring (bicyclic) bond motifs is 1. The molecule has 2 aromatic rings. The average Bonchev–Trinajstić information content (AvgIpc) is 2.92. The molecule has 0 radical (unpaired) electrons. The first-order valence-corrected chi connectivity index (χ1v) is 8.57. The number of amides is 1. The summed E-state index contributed by atoms with van der Waals surface area (Å²) in [7, 11) is 1.81. The van der Waals surface area contributed by atoms with E-state index in [1.165, 1.54) is 0 Å². The minimum atomic E-state index is -0.438. The summed E-state index contributed by atoms with van der Waals surface area (Å²) < 4.78 is 7.72. The molecule has 7 heteroatoms. The number of aryl methyl sites for hydroxylation is 1. The van der Waals surface area contributed by atoms with Crippen molar-refractivity contribution in [1.29, 1.82) is 0 Å². The van der Waals surface area contributed by atoms with Gasteiger partial charge in [-0.2, -0.15) is 5.10 Å².